The number of carbonyl (C=O) groups excluding carboxylic acids is 1. The van der Waals surface area contributed by atoms with Crippen LogP contribution in [0.15, 0.2) is 60.7 Å². The highest BCUT2D eigenvalue weighted by Gasteiger charge is 2.49. The highest BCUT2D eigenvalue weighted by molar-refractivity contribution is 8.12. The van der Waals surface area contributed by atoms with Gasteiger partial charge < -0.3 is 4.74 Å². The third-order valence-corrected chi connectivity index (χ3v) is 4.74. The lowest BCUT2D eigenvalue weighted by molar-refractivity contribution is 0.131. The van der Waals surface area contributed by atoms with Gasteiger partial charge in [-0.05, 0) is 11.1 Å². The Bertz CT molecular complexity index is 780. The van der Waals surface area contributed by atoms with Crippen molar-refractivity contribution in [2.45, 2.75) is 12.1 Å². The largest absolute Gasteiger partial charge is 0.438 e. The maximum Gasteiger partial charge on any atom is 0.425 e. The number of hydrogen-bond donors (Lipinski definition) is 0. The van der Waals surface area contributed by atoms with E-state index in [0.717, 1.165) is 0 Å². The van der Waals surface area contributed by atoms with Crippen LogP contribution in [0.3, 0.4) is 0 Å². The second kappa shape index (κ2) is 5.62. The Morgan fingerprint density at radius 2 is 1.41 bits per heavy atom. The van der Waals surface area contributed by atoms with Crippen LogP contribution in [-0.4, -0.2) is 18.8 Å². The Morgan fingerprint density at radius 3 is 1.91 bits per heavy atom. The number of benzene rings is 2. The van der Waals surface area contributed by atoms with Gasteiger partial charge in [-0.15, -0.1) is 0 Å². The monoisotopic (exact) mass is 337 g/mol. The smallest absolute Gasteiger partial charge is 0.425 e. The maximum atomic E-state index is 12.0. The summed E-state index contributed by atoms with van der Waals surface area (Å²) >= 11 is 0. The van der Waals surface area contributed by atoms with E-state index in [4.69, 9.17) is 15.4 Å². The van der Waals surface area contributed by atoms with E-state index < -0.39 is 27.5 Å². The molecule has 0 N–H and O–H groups in total. The van der Waals surface area contributed by atoms with Crippen molar-refractivity contribution >= 4 is 26.0 Å². The number of ether oxygens (including phenoxy) is 1. The Labute approximate surface area is 132 Å². The molecule has 2 atom stereocenters. The Morgan fingerprint density at radius 1 is 0.909 bits per heavy atom. The minimum absolute atomic E-state index is 0.585. The molecular formula is C15H12ClNO4S. The minimum atomic E-state index is -4.26. The van der Waals surface area contributed by atoms with Crippen molar-refractivity contribution in [1.29, 1.82) is 0 Å². The highest BCUT2D eigenvalue weighted by Crippen LogP contribution is 2.44. The average Bonchev–Trinajstić information content (AvgIpc) is 2.86. The molecule has 0 bridgehead atoms. The van der Waals surface area contributed by atoms with E-state index in [-0.39, 0.29) is 0 Å². The first-order valence-corrected chi connectivity index (χ1v) is 8.79. The van der Waals surface area contributed by atoms with E-state index in [1.54, 1.807) is 54.6 Å². The van der Waals surface area contributed by atoms with Gasteiger partial charge in [0.05, 0.1) is 0 Å². The molecule has 1 amide bonds. The molecule has 0 spiro atoms. The van der Waals surface area contributed by atoms with Crippen LogP contribution in [-0.2, 0) is 14.0 Å². The first kappa shape index (κ1) is 14.9. The molecule has 114 valence electrons. The van der Waals surface area contributed by atoms with E-state index in [1.807, 2.05) is 6.07 Å². The van der Waals surface area contributed by atoms with Crippen molar-refractivity contribution in [3.8, 4) is 0 Å². The molecule has 3 rings (SSSR count). The fourth-order valence-corrected chi connectivity index (χ4v) is 3.69. The first-order chi connectivity index (χ1) is 10.5. The Balaban J connectivity index is 2.13. The zero-order valence-electron chi connectivity index (χ0n) is 11.3. The second-order valence-electron chi connectivity index (χ2n) is 4.81. The molecule has 2 aromatic carbocycles. The molecule has 1 heterocycles. The van der Waals surface area contributed by atoms with Gasteiger partial charge in [0.25, 0.3) is 0 Å². The Kier molecular flexibility index (Phi) is 3.80. The number of carbonyl (C=O) groups is 1. The summed E-state index contributed by atoms with van der Waals surface area (Å²) in [7, 11) is 1.17. The molecule has 7 heteroatoms. The zero-order chi connectivity index (χ0) is 15.7. The minimum Gasteiger partial charge on any atom is -0.438 e. The average molecular weight is 338 g/mol. The van der Waals surface area contributed by atoms with Crippen LogP contribution in [0, 0.1) is 0 Å². The fourth-order valence-electron chi connectivity index (χ4n) is 2.54. The van der Waals surface area contributed by atoms with Crippen LogP contribution in [0.1, 0.15) is 23.3 Å². The topological polar surface area (TPSA) is 63.7 Å². The van der Waals surface area contributed by atoms with E-state index >= 15 is 0 Å². The normalized spacial score (nSPS) is 21.7. The van der Waals surface area contributed by atoms with Gasteiger partial charge in [-0.25, -0.2) is 4.79 Å². The molecule has 22 heavy (non-hydrogen) atoms. The van der Waals surface area contributed by atoms with Gasteiger partial charge in [0, 0.05) is 10.7 Å². The summed E-state index contributed by atoms with van der Waals surface area (Å²) < 4.78 is 29.5. The summed E-state index contributed by atoms with van der Waals surface area (Å²) in [6, 6.07) is 16.9. The number of cyclic esters (lactones) is 1. The summed E-state index contributed by atoms with van der Waals surface area (Å²) in [5.41, 5.74) is 1.33. The molecule has 0 aliphatic carbocycles. The van der Waals surface area contributed by atoms with Gasteiger partial charge in [0.1, 0.15) is 6.04 Å². The lowest BCUT2D eigenvalue weighted by atomic mass is 9.97. The first-order valence-electron chi connectivity index (χ1n) is 6.53. The van der Waals surface area contributed by atoms with Crippen LogP contribution < -0.4 is 0 Å². The van der Waals surface area contributed by atoms with Crippen molar-refractivity contribution in [2.75, 3.05) is 0 Å². The van der Waals surface area contributed by atoms with Crippen LogP contribution >= 0.6 is 10.7 Å². The maximum absolute atomic E-state index is 12.0. The van der Waals surface area contributed by atoms with E-state index in [9.17, 15) is 13.2 Å². The lowest BCUT2D eigenvalue weighted by Crippen LogP contribution is -2.31. The third kappa shape index (κ3) is 2.67. The number of rotatable bonds is 3. The van der Waals surface area contributed by atoms with Crippen LogP contribution in [0.4, 0.5) is 4.79 Å². The van der Waals surface area contributed by atoms with Crippen molar-refractivity contribution in [2.24, 2.45) is 0 Å². The summed E-state index contributed by atoms with van der Waals surface area (Å²) in [5.74, 6) is 0. The van der Waals surface area contributed by atoms with Crippen LogP contribution in [0.25, 0.3) is 0 Å². The van der Waals surface area contributed by atoms with Gasteiger partial charge in [-0.2, -0.15) is 12.7 Å². The summed E-state index contributed by atoms with van der Waals surface area (Å²) in [5, 5.41) is 0. The molecule has 5 nitrogen and oxygen atoms in total. The number of nitrogens with zero attached hydrogens (tertiary/aromatic N) is 1. The van der Waals surface area contributed by atoms with Crippen molar-refractivity contribution in [3.63, 3.8) is 0 Å². The molecule has 0 radical (unpaired) electrons. The molecule has 1 aliphatic rings. The molecule has 1 saturated heterocycles. The molecule has 1 aliphatic heterocycles. The molecular weight excluding hydrogens is 326 g/mol. The molecule has 0 unspecified atom stereocenters. The number of halogens is 1. The lowest BCUT2D eigenvalue weighted by Gasteiger charge is -2.22. The van der Waals surface area contributed by atoms with E-state index in [1.165, 1.54) is 0 Å². The van der Waals surface area contributed by atoms with Crippen LogP contribution in [0.5, 0.6) is 0 Å². The van der Waals surface area contributed by atoms with E-state index in [0.29, 0.717) is 15.4 Å². The van der Waals surface area contributed by atoms with Gasteiger partial charge >= 0.3 is 15.3 Å². The predicted molar refractivity (Wildman–Crippen MR) is 81.5 cm³/mol. The van der Waals surface area contributed by atoms with Gasteiger partial charge in [-0.3, -0.25) is 0 Å². The molecule has 0 saturated carbocycles. The molecule has 0 aromatic heterocycles. The van der Waals surface area contributed by atoms with Crippen molar-refractivity contribution in [1.82, 2.24) is 4.31 Å². The quantitative estimate of drug-likeness (QED) is 0.805. The zero-order valence-corrected chi connectivity index (χ0v) is 12.9. The van der Waals surface area contributed by atoms with Crippen molar-refractivity contribution in [3.05, 3.63) is 71.8 Å². The molecule has 1 fully saturated rings. The SMILES string of the molecule is O=C1O[C@H](c2ccccc2)[C@@H](c2ccccc2)N1S(=O)(=O)Cl. The standard InChI is InChI=1S/C15H12ClNO4S/c16-22(19,20)17-13(11-7-3-1-4-8-11)14(21-15(17)18)12-9-5-2-6-10-12/h1-10,13-14H/t13-,14-/m1/s1. The number of amides is 1. The third-order valence-electron chi connectivity index (χ3n) is 3.45. The summed E-state index contributed by atoms with van der Waals surface area (Å²) in [6.45, 7) is 0. The summed E-state index contributed by atoms with van der Waals surface area (Å²) in [4.78, 5) is 12.0. The van der Waals surface area contributed by atoms with Crippen LogP contribution in [0.2, 0.25) is 0 Å². The van der Waals surface area contributed by atoms with Gasteiger partial charge in [0.2, 0.25) is 0 Å². The Hall–Kier alpha value is -2.05. The predicted octanol–water partition coefficient (Wildman–Crippen LogP) is 3.40. The summed E-state index contributed by atoms with van der Waals surface area (Å²) in [6.07, 6.45) is -1.72. The fraction of sp³-hybridized carbons (Fsp3) is 0.133. The van der Waals surface area contributed by atoms with Gasteiger partial charge in [-0.1, -0.05) is 60.7 Å². The highest BCUT2D eigenvalue weighted by atomic mass is 35.7. The van der Waals surface area contributed by atoms with E-state index in [2.05, 4.69) is 0 Å². The molecule has 2 aromatic rings. The second-order valence-corrected chi connectivity index (χ2v) is 7.20. The number of hydrogen-bond acceptors (Lipinski definition) is 4. The van der Waals surface area contributed by atoms with Gasteiger partial charge in [0.15, 0.2) is 6.10 Å². The van der Waals surface area contributed by atoms with Crippen molar-refractivity contribution < 1.29 is 17.9 Å².